The Labute approximate surface area is 119 Å². The Kier molecular flexibility index (Phi) is 4.57. The Balaban J connectivity index is 2.21. The Morgan fingerprint density at radius 2 is 2.20 bits per heavy atom. The number of nitrogens with zero attached hydrogens (tertiary/aromatic N) is 3. The van der Waals surface area contributed by atoms with Crippen LogP contribution in [0.2, 0.25) is 0 Å². The van der Waals surface area contributed by atoms with Gasteiger partial charge in [-0.3, -0.25) is 10.1 Å². The normalized spacial score (nSPS) is 10.3. The van der Waals surface area contributed by atoms with Gasteiger partial charge in [0.1, 0.15) is 16.6 Å². The van der Waals surface area contributed by atoms with Crippen LogP contribution in [0.3, 0.4) is 0 Å². The Bertz CT molecular complexity index is 616. The van der Waals surface area contributed by atoms with Crippen molar-refractivity contribution in [1.82, 2.24) is 15.2 Å². The van der Waals surface area contributed by atoms with E-state index in [1.807, 2.05) is 13.8 Å². The Morgan fingerprint density at radius 3 is 2.85 bits per heavy atom. The first-order chi connectivity index (χ1) is 9.63. The van der Waals surface area contributed by atoms with E-state index >= 15 is 0 Å². The molecule has 0 unspecified atom stereocenters. The highest BCUT2D eigenvalue weighted by atomic mass is 32.1. The van der Waals surface area contributed by atoms with E-state index in [-0.39, 0.29) is 5.56 Å². The number of carbonyl (C=O) groups excluding carboxylic acids is 1. The van der Waals surface area contributed by atoms with E-state index in [4.69, 9.17) is 0 Å². The van der Waals surface area contributed by atoms with E-state index in [9.17, 15) is 9.18 Å². The molecule has 0 atom stereocenters. The number of nitrogens with one attached hydrogen (secondary N) is 2. The van der Waals surface area contributed by atoms with Crippen LogP contribution < -0.4 is 10.6 Å². The highest BCUT2D eigenvalue weighted by Crippen LogP contribution is 2.19. The van der Waals surface area contributed by atoms with Crippen molar-refractivity contribution in [3.05, 3.63) is 28.7 Å². The van der Waals surface area contributed by atoms with Gasteiger partial charge in [0.05, 0.1) is 11.8 Å². The number of amides is 1. The molecule has 2 N–H and O–H groups in total. The number of pyridine rings is 1. The minimum absolute atomic E-state index is 0.139. The summed E-state index contributed by atoms with van der Waals surface area (Å²) in [5.74, 6) is -0.693. The van der Waals surface area contributed by atoms with Gasteiger partial charge in [0.15, 0.2) is 0 Å². The summed E-state index contributed by atoms with van der Waals surface area (Å²) in [6.07, 6.45) is 1.81. The molecule has 2 rings (SSSR count). The molecular formula is C12H14FN5OS. The van der Waals surface area contributed by atoms with Gasteiger partial charge in [-0.2, -0.15) is 0 Å². The number of hydrogen-bond acceptors (Lipinski definition) is 6. The van der Waals surface area contributed by atoms with Gasteiger partial charge >= 0.3 is 0 Å². The van der Waals surface area contributed by atoms with Crippen LogP contribution in [-0.2, 0) is 6.42 Å². The molecular weight excluding hydrogens is 281 g/mol. The first-order valence-electron chi connectivity index (χ1n) is 6.17. The monoisotopic (exact) mass is 295 g/mol. The van der Waals surface area contributed by atoms with Crippen LogP contribution in [-0.4, -0.2) is 27.6 Å². The fourth-order valence-electron chi connectivity index (χ4n) is 1.53. The summed E-state index contributed by atoms with van der Waals surface area (Å²) in [7, 11) is 0. The minimum atomic E-state index is -0.566. The number of aromatic nitrogens is 3. The van der Waals surface area contributed by atoms with E-state index in [0.29, 0.717) is 17.5 Å². The van der Waals surface area contributed by atoms with Crippen molar-refractivity contribution >= 4 is 28.2 Å². The fourth-order valence-corrected chi connectivity index (χ4v) is 2.21. The second-order valence-corrected chi connectivity index (χ2v) is 4.95. The van der Waals surface area contributed by atoms with Crippen molar-refractivity contribution in [2.45, 2.75) is 20.3 Å². The van der Waals surface area contributed by atoms with Crippen LogP contribution in [0.25, 0.3) is 0 Å². The number of anilines is 2. The molecule has 8 heteroatoms. The second kappa shape index (κ2) is 6.38. The van der Waals surface area contributed by atoms with Gasteiger partial charge in [-0.05, 0) is 19.4 Å². The number of aryl methyl sites for hydroxylation is 1. The number of rotatable bonds is 5. The van der Waals surface area contributed by atoms with Crippen LogP contribution in [0, 0.1) is 5.82 Å². The van der Waals surface area contributed by atoms with Crippen LogP contribution in [0.5, 0.6) is 0 Å². The van der Waals surface area contributed by atoms with Crippen molar-refractivity contribution in [3.8, 4) is 0 Å². The smallest absolute Gasteiger partial charge is 0.261 e. The predicted octanol–water partition coefficient (Wildman–Crippen LogP) is 2.32. The van der Waals surface area contributed by atoms with Gasteiger partial charge in [0.2, 0.25) is 5.13 Å². The summed E-state index contributed by atoms with van der Waals surface area (Å²) in [5.41, 5.74) is 0.139. The topological polar surface area (TPSA) is 79.8 Å². The molecule has 2 aromatic heterocycles. The maximum atomic E-state index is 13.2. The van der Waals surface area contributed by atoms with E-state index in [2.05, 4.69) is 25.8 Å². The zero-order valence-corrected chi connectivity index (χ0v) is 11.9. The lowest BCUT2D eigenvalue weighted by molar-refractivity contribution is 0.102. The van der Waals surface area contributed by atoms with E-state index < -0.39 is 11.7 Å². The van der Waals surface area contributed by atoms with E-state index in [1.165, 1.54) is 11.3 Å². The molecule has 20 heavy (non-hydrogen) atoms. The van der Waals surface area contributed by atoms with Gasteiger partial charge in [0.25, 0.3) is 5.91 Å². The molecule has 0 saturated carbocycles. The zero-order chi connectivity index (χ0) is 14.5. The first-order valence-corrected chi connectivity index (χ1v) is 6.98. The quantitative estimate of drug-likeness (QED) is 0.885. The first kappa shape index (κ1) is 14.3. The lowest BCUT2D eigenvalue weighted by Crippen LogP contribution is -2.16. The van der Waals surface area contributed by atoms with Crippen molar-refractivity contribution in [1.29, 1.82) is 0 Å². The lowest BCUT2D eigenvalue weighted by atomic mass is 10.2. The minimum Gasteiger partial charge on any atom is -0.370 e. The van der Waals surface area contributed by atoms with Crippen LogP contribution in [0.1, 0.15) is 29.2 Å². The highest BCUT2D eigenvalue weighted by molar-refractivity contribution is 7.15. The number of hydrogen-bond donors (Lipinski definition) is 2. The summed E-state index contributed by atoms with van der Waals surface area (Å²) >= 11 is 1.29. The van der Waals surface area contributed by atoms with Crippen molar-refractivity contribution in [3.63, 3.8) is 0 Å². The third-order valence-corrected chi connectivity index (χ3v) is 3.42. The average molecular weight is 295 g/mol. The molecule has 2 aromatic rings. The molecule has 106 valence electrons. The zero-order valence-electron chi connectivity index (χ0n) is 11.1. The molecule has 1 amide bonds. The molecule has 0 spiro atoms. The second-order valence-electron chi connectivity index (χ2n) is 3.89. The third-order valence-electron chi connectivity index (χ3n) is 2.43. The van der Waals surface area contributed by atoms with Gasteiger partial charge in [-0.15, -0.1) is 10.2 Å². The maximum Gasteiger partial charge on any atom is 0.261 e. The van der Waals surface area contributed by atoms with Crippen LogP contribution in [0.4, 0.5) is 15.3 Å². The molecule has 0 radical (unpaired) electrons. The molecule has 6 nitrogen and oxygen atoms in total. The Hall–Kier alpha value is -2.09. The molecule has 0 fully saturated rings. The van der Waals surface area contributed by atoms with E-state index in [1.54, 1.807) is 0 Å². The number of carbonyl (C=O) groups is 1. The predicted molar refractivity (Wildman–Crippen MR) is 75.6 cm³/mol. The van der Waals surface area contributed by atoms with Gasteiger partial charge < -0.3 is 5.32 Å². The summed E-state index contributed by atoms with van der Waals surface area (Å²) in [5, 5.41) is 14.5. The van der Waals surface area contributed by atoms with Gasteiger partial charge in [-0.1, -0.05) is 18.3 Å². The molecule has 2 heterocycles. The van der Waals surface area contributed by atoms with Crippen molar-refractivity contribution in [2.75, 3.05) is 17.2 Å². The third kappa shape index (κ3) is 3.27. The Morgan fingerprint density at radius 1 is 1.40 bits per heavy atom. The summed E-state index contributed by atoms with van der Waals surface area (Å²) in [6, 6.07) is 1.14. The molecule has 0 aliphatic carbocycles. The standard InChI is InChI=1S/C12H14FN5OS/c1-3-9-17-18-12(20-9)16-11(19)8-5-7(13)6-15-10(8)14-4-2/h5-6H,3-4H2,1-2H3,(H,14,15)(H,16,18,19). The van der Waals surface area contributed by atoms with Crippen LogP contribution >= 0.6 is 11.3 Å². The highest BCUT2D eigenvalue weighted by Gasteiger charge is 2.15. The molecule has 0 aliphatic heterocycles. The van der Waals surface area contributed by atoms with Gasteiger partial charge in [-0.25, -0.2) is 9.37 Å². The van der Waals surface area contributed by atoms with Crippen molar-refractivity contribution < 1.29 is 9.18 Å². The van der Waals surface area contributed by atoms with Crippen LogP contribution in [0.15, 0.2) is 12.3 Å². The summed E-state index contributed by atoms with van der Waals surface area (Å²) in [4.78, 5) is 16.0. The maximum absolute atomic E-state index is 13.2. The SMILES string of the molecule is CCNc1ncc(F)cc1C(=O)Nc1nnc(CC)s1. The average Bonchev–Trinajstić information content (AvgIpc) is 2.88. The largest absolute Gasteiger partial charge is 0.370 e. The summed E-state index contributed by atoms with van der Waals surface area (Å²) < 4.78 is 13.2. The lowest BCUT2D eigenvalue weighted by Gasteiger charge is -2.08. The molecule has 0 aliphatic rings. The fraction of sp³-hybridized carbons (Fsp3) is 0.333. The van der Waals surface area contributed by atoms with Gasteiger partial charge in [0, 0.05) is 6.54 Å². The van der Waals surface area contributed by atoms with Crippen molar-refractivity contribution in [2.24, 2.45) is 0 Å². The molecule has 0 bridgehead atoms. The number of halogens is 1. The molecule has 0 aromatic carbocycles. The summed E-state index contributed by atoms with van der Waals surface area (Å²) in [6.45, 7) is 4.40. The van der Waals surface area contributed by atoms with E-state index in [0.717, 1.165) is 23.7 Å². The molecule has 0 saturated heterocycles.